The Morgan fingerprint density at radius 1 is 1.00 bits per heavy atom. The van der Waals surface area contributed by atoms with E-state index >= 15 is 0 Å². The van der Waals surface area contributed by atoms with E-state index in [0.717, 1.165) is 45.5 Å². The Kier molecular flexibility index (Phi) is 5.16. The standard InChI is InChI=1S/C23H22N4O2/c1-16-14-27(15-25-16)20-10-8-17(12-22(20)29-3)9-11-23-24-13-19(26-23)18-6-4-5-7-21(18)28-2/h4-15H,1-3H3,(H,24,26). The van der Waals surface area contributed by atoms with E-state index in [9.17, 15) is 0 Å². The summed E-state index contributed by atoms with van der Waals surface area (Å²) in [5.41, 5.74) is 4.71. The van der Waals surface area contributed by atoms with Gasteiger partial charge >= 0.3 is 0 Å². The summed E-state index contributed by atoms with van der Waals surface area (Å²) in [5.74, 6) is 2.34. The van der Waals surface area contributed by atoms with Crippen molar-refractivity contribution in [3.63, 3.8) is 0 Å². The van der Waals surface area contributed by atoms with E-state index in [1.54, 1.807) is 20.5 Å². The molecule has 0 radical (unpaired) electrons. The van der Waals surface area contributed by atoms with Crippen LogP contribution in [0.3, 0.4) is 0 Å². The molecule has 0 saturated heterocycles. The summed E-state index contributed by atoms with van der Waals surface area (Å²) in [7, 11) is 3.33. The van der Waals surface area contributed by atoms with Crippen LogP contribution in [0.2, 0.25) is 0 Å². The van der Waals surface area contributed by atoms with Crippen molar-refractivity contribution in [1.29, 1.82) is 0 Å². The van der Waals surface area contributed by atoms with Crippen LogP contribution in [0.1, 0.15) is 17.1 Å². The summed E-state index contributed by atoms with van der Waals surface area (Å²) in [4.78, 5) is 12.1. The van der Waals surface area contributed by atoms with Gasteiger partial charge in [0.2, 0.25) is 0 Å². The lowest BCUT2D eigenvalue weighted by molar-refractivity contribution is 0.413. The molecule has 29 heavy (non-hydrogen) atoms. The monoisotopic (exact) mass is 386 g/mol. The van der Waals surface area contributed by atoms with Crippen LogP contribution in [0.5, 0.6) is 11.5 Å². The van der Waals surface area contributed by atoms with E-state index in [0.29, 0.717) is 0 Å². The second kappa shape index (κ2) is 8.06. The SMILES string of the molecule is COc1ccccc1-c1c[nH]c(C=Cc2ccc(-n3cnc(C)c3)c(OC)c2)n1. The molecule has 0 fully saturated rings. The number of aromatic amines is 1. The number of rotatable bonds is 6. The molecule has 4 rings (SSSR count). The molecule has 0 bridgehead atoms. The van der Waals surface area contributed by atoms with Gasteiger partial charge in [0.05, 0.1) is 37.6 Å². The van der Waals surface area contributed by atoms with Crippen molar-refractivity contribution in [2.24, 2.45) is 0 Å². The van der Waals surface area contributed by atoms with Crippen LogP contribution in [0.25, 0.3) is 29.1 Å². The van der Waals surface area contributed by atoms with Gasteiger partial charge in [-0.2, -0.15) is 0 Å². The molecule has 6 nitrogen and oxygen atoms in total. The minimum absolute atomic E-state index is 0.763. The minimum atomic E-state index is 0.763. The van der Waals surface area contributed by atoms with E-state index in [-0.39, 0.29) is 0 Å². The Hall–Kier alpha value is -3.80. The zero-order chi connectivity index (χ0) is 20.2. The second-order valence-corrected chi connectivity index (χ2v) is 6.56. The average molecular weight is 386 g/mol. The summed E-state index contributed by atoms with van der Waals surface area (Å²) in [6.07, 6.45) is 9.56. The van der Waals surface area contributed by atoms with Gasteiger partial charge in [-0.15, -0.1) is 0 Å². The fourth-order valence-corrected chi connectivity index (χ4v) is 3.16. The second-order valence-electron chi connectivity index (χ2n) is 6.56. The molecule has 6 heteroatoms. The van der Waals surface area contributed by atoms with Gasteiger partial charge in [-0.25, -0.2) is 9.97 Å². The van der Waals surface area contributed by atoms with Gasteiger partial charge in [-0.1, -0.05) is 24.3 Å². The lowest BCUT2D eigenvalue weighted by Crippen LogP contribution is -1.95. The zero-order valence-electron chi connectivity index (χ0n) is 16.6. The van der Waals surface area contributed by atoms with Crippen molar-refractivity contribution in [3.05, 3.63) is 78.3 Å². The lowest BCUT2D eigenvalue weighted by atomic mass is 10.1. The smallest absolute Gasteiger partial charge is 0.143 e. The van der Waals surface area contributed by atoms with Gasteiger partial charge in [-0.05, 0) is 42.8 Å². The summed E-state index contributed by atoms with van der Waals surface area (Å²) in [5, 5.41) is 0. The number of para-hydroxylation sites is 1. The number of benzene rings is 2. The first-order valence-electron chi connectivity index (χ1n) is 9.24. The number of methoxy groups -OCH3 is 2. The van der Waals surface area contributed by atoms with Crippen LogP contribution < -0.4 is 9.47 Å². The Bertz CT molecular complexity index is 1160. The largest absolute Gasteiger partial charge is 0.496 e. The Labute approximate surface area is 169 Å². The van der Waals surface area contributed by atoms with E-state index in [1.807, 2.05) is 78.5 Å². The maximum Gasteiger partial charge on any atom is 0.143 e. The molecular formula is C23H22N4O2. The highest BCUT2D eigenvalue weighted by molar-refractivity contribution is 5.72. The predicted molar refractivity (Wildman–Crippen MR) is 114 cm³/mol. The molecule has 0 saturated carbocycles. The Morgan fingerprint density at radius 3 is 2.59 bits per heavy atom. The highest BCUT2D eigenvalue weighted by Gasteiger charge is 2.09. The van der Waals surface area contributed by atoms with Gasteiger partial charge in [0.15, 0.2) is 0 Å². The van der Waals surface area contributed by atoms with Gasteiger partial charge in [0.1, 0.15) is 17.3 Å². The quantitative estimate of drug-likeness (QED) is 0.519. The lowest BCUT2D eigenvalue weighted by Gasteiger charge is -2.09. The van der Waals surface area contributed by atoms with Gasteiger partial charge in [-0.3, -0.25) is 0 Å². The molecule has 1 N–H and O–H groups in total. The van der Waals surface area contributed by atoms with E-state index in [4.69, 9.17) is 9.47 Å². The Morgan fingerprint density at radius 2 is 1.83 bits per heavy atom. The number of nitrogens with one attached hydrogen (secondary N) is 1. The molecule has 2 heterocycles. The number of aryl methyl sites for hydroxylation is 1. The number of hydrogen-bond donors (Lipinski definition) is 1. The number of imidazole rings is 2. The summed E-state index contributed by atoms with van der Waals surface area (Å²) < 4.78 is 12.9. The molecule has 0 aliphatic rings. The van der Waals surface area contributed by atoms with Gasteiger partial charge in [0, 0.05) is 18.0 Å². The molecule has 146 valence electrons. The maximum absolute atomic E-state index is 5.57. The van der Waals surface area contributed by atoms with Crippen LogP contribution in [0, 0.1) is 6.92 Å². The highest BCUT2D eigenvalue weighted by atomic mass is 16.5. The van der Waals surface area contributed by atoms with Crippen LogP contribution in [-0.2, 0) is 0 Å². The molecule has 2 aromatic carbocycles. The van der Waals surface area contributed by atoms with Crippen LogP contribution in [0.15, 0.2) is 61.2 Å². The molecule has 0 aliphatic heterocycles. The van der Waals surface area contributed by atoms with Crippen molar-refractivity contribution in [2.75, 3.05) is 14.2 Å². The third-order valence-electron chi connectivity index (χ3n) is 4.61. The molecule has 0 unspecified atom stereocenters. The topological polar surface area (TPSA) is 65.0 Å². The van der Waals surface area contributed by atoms with E-state index in [2.05, 4.69) is 15.0 Å². The van der Waals surface area contributed by atoms with E-state index < -0.39 is 0 Å². The van der Waals surface area contributed by atoms with Crippen molar-refractivity contribution >= 4 is 12.2 Å². The third kappa shape index (κ3) is 3.91. The molecule has 4 aromatic rings. The Balaban J connectivity index is 1.57. The van der Waals surface area contributed by atoms with Crippen molar-refractivity contribution in [3.8, 4) is 28.4 Å². The van der Waals surface area contributed by atoms with Crippen molar-refractivity contribution in [2.45, 2.75) is 6.92 Å². The first-order valence-corrected chi connectivity index (χ1v) is 9.24. The van der Waals surface area contributed by atoms with Crippen molar-refractivity contribution in [1.82, 2.24) is 19.5 Å². The maximum atomic E-state index is 5.57. The van der Waals surface area contributed by atoms with Crippen LogP contribution in [0.4, 0.5) is 0 Å². The molecule has 0 atom stereocenters. The van der Waals surface area contributed by atoms with E-state index in [1.165, 1.54) is 0 Å². The van der Waals surface area contributed by atoms with Crippen LogP contribution in [-0.4, -0.2) is 33.7 Å². The zero-order valence-corrected chi connectivity index (χ0v) is 16.6. The predicted octanol–water partition coefficient (Wildman–Crippen LogP) is 4.76. The summed E-state index contributed by atoms with van der Waals surface area (Å²) >= 11 is 0. The number of nitrogens with zero attached hydrogens (tertiary/aromatic N) is 3. The fourth-order valence-electron chi connectivity index (χ4n) is 3.16. The van der Waals surface area contributed by atoms with Crippen molar-refractivity contribution < 1.29 is 9.47 Å². The fraction of sp³-hybridized carbons (Fsp3) is 0.130. The first-order chi connectivity index (χ1) is 14.2. The van der Waals surface area contributed by atoms with Crippen LogP contribution >= 0.6 is 0 Å². The molecule has 2 aromatic heterocycles. The minimum Gasteiger partial charge on any atom is -0.496 e. The number of hydrogen-bond acceptors (Lipinski definition) is 4. The number of aromatic nitrogens is 4. The third-order valence-corrected chi connectivity index (χ3v) is 4.61. The first kappa shape index (κ1) is 18.6. The van der Waals surface area contributed by atoms with Gasteiger partial charge < -0.3 is 19.0 Å². The number of ether oxygens (including phenoxy) is 2. The molecule has 0 amide bonds. The molecule has 0 spiro atoms. The molecule has 0 aliphatic carbocycles. The number of H-pyrrole nitrogens is 1. The summed E-state index contributed by atoms with van der Waals surface area (Å²) in [6.45, 7) is 1.96. The normalized spacial score (nSPS) is 11.1. The van der Waals surface area contributed by atoms with Gasteiger partial charge in [0.25, 0.3) is 0 Å². The molecular weight excluding hydrogens is 364 g/mol. The highest BCUT2D eigenvalue weighted by Crippen LogP contribution is 2.29. The summed E-state index contributed by atoms with van der Waals surface area (Å²) in [6, 6.07) is 13.9. The average Bonchev–Trinajstić information content (AvgIpc) is 3.41.